The molecule has 310 valence electrons. The van der Waals surface area contributed by atoms with Gasteiger partial charge in [0, 0.05) is 55.1 Å². The van der Waals surface area contributed by atoms with Crippen LogP contribution in [0.25, 0.3) is 0 Å². The maximum absolute atomic E-state index is 12.9. The predicted octanol–water partition coefficient (Wildman–Crippen LogP) is 0.212. The van der Waals surface area contributed by atoms with Gasteiger partial charge in [0.25, 0.3) is 5.91 Å². The molecule has 1 aromatic rings. The summed E-state index contributed by atoms with van der Waals surface area (Å²) < 4.78 is 26.7. The molecule has 0 aromatic heterocycles. The molecule has 1 atom stereocenters. The number of ketones is 1. The highest BCUT2D eigenvalue weighted by molar-refractivity contribution is 6.00. The van der Waals surface area contributed by atoms with Gasteiger partial charge in [-0.25, -0.2) is 0 Å². The van der Waals surface area contributed by atoms with Crippen LogP contribution in [0, 0.1) is 11.8 Å². The maximum atomic E-state index is 12.9. The van der Waals surface area contributed by atoms with Crippen LogP contribution in [0.2, 0.25) is 0 Å². The van der Waals surface area contributed by atoms with E-state index in [1.807, 2.05) is 13.8 Å². The van der Waals surface area contributed by atoms with Gasteiger partial charge in [-0.05, 0) is 18.1 Å². The number of rotatable bonds is 30. The smallest absolute Gasteiger partial charge is 0.305 e. The average molecular weight is 781 g/mol. The number of benzene rings is 1. The van der Waals surface area contributed by atoms with E-state index in [0.29, 0.717) is 51.6 Å². The van der Waals surface area contributed by atoms with Crippen molar-refractivity contribution in [2.75, 3.05) is 84.4 Å². The molecule has 0 bridgehead atoms. The minimum absolute atomic E-state index is 0.00867. The Bertz CT molecular complexity index is 1370. The monoisotopic (exact) mass is 780 g/mol. The van der Waals surface area contributed by atoms with Gasteiger partial charge >= 0.3 is 5.97 Å². The summed E-state index contributed by atoms with van der Waals surface area (Å²) in [5.74, 6) is -3.29. The highest BCUT2D eigenvalue weighted by Crippen LogP contribution is 2.18. The lowest BCUT2D eigenvalue weighted by Gasteiger charge is -2.21. The molecule has 0 fully saturated rings. The van der Waals surface area contributed by atoms with Gasteiger partial charge in [0.1, 0.15) is 18.4 Å². The fourth-order valence-corrected chi connectivity index (χ4v) is 4.43. The summed E-state index contributed by atoms with van der Waals surface area (Å²) in [6.45, 7) is 10.9. The van der Waals surface area contributed by atoms with Crippen LogP contribution in [0.15, 0.2) is 18.2 Å². The van der Waals surface area contributed by atoms with Crippen LogP contribution < -0.4 is 32.3 Å². The van der Waals surface area contributed by atoms with Crippen molar-refractivity contribution in [3.63, 3.8) is 0 Å². The standard InChI is InChI=1S/C37H60N6O12/c1-6-34(48)55-24-27-7-8-28(21-29(27)36(49)39-12-11-38)42-32(46)23-41-37(50)35(26(4)5)43-33(47)22-40-31(45)10-14-52-16-18-54-20-19-53-17-15-51-13-9-30(44)25(2)3/h7-8,21,25-26,35H,6,9-20,22-24,38H2,1-5H3,(H,39,49)(H,40,45)(H,41,50)(H,42,46)(H,43,47). The van der Waals surface area contributed by atoms with Gasteiger partial charge in [0.05, 0.1) is 65.9 Å². The summed E-state index contributed by atoms with van der Waals surface area (Å²) in [7, 11) is 0. The van der Waals surface area contributed by atoms with E-state index in [1.165, 1.54) is 12.1 Å². The van der Waals surface area contributed by atoms with Crippen molar-refractivity contribution < 1.29 is 57.2 Å². The van der Waals surface area contributed by atoms with Gasteiger partial charge in [-0.1, -0.05) is 40.7 Å². The quantitative estimate of drug-likeness (QED) is 0.0452. The number of Topliss-reactive ketones (excluding diaryl/α,β-unsaturated/α-hetero) is 1. The average Bonchev–Trinajstić information content (AvgIpc) is 3.16. The zero-order valence-corrected chi connectivity index (χ0v) is 32.8. The molecular formula is C37H60N6O12. The SMILES string of the molecule is CCC(=O)OCc1ccc(NC(=O)CNC(=O)C(NC(=O)CNC(=O)CCOCCOCCOCCOCCC(=O)C(C)C)C(C)C)cc1C(=O)NCCN. The summed E-state index contributed by atoms with van der Waals surface area (Å²) in [5.41, 5.74) is 6.35. The first-order chi connectivity index (χ1) is 26.3. The van der Waals surface area contributed by atoms with Crippen molar-refractivity contribution >= 4 is 47.0 Å². The Labute approximate surface area is 323 Å². The number of anilines is 1. The van der Waals surface area contributed by atoms with Crippen LogP contribution in [0.5, 0.6) is 0 Å². The van der Waals surface area contributed by atoms with Crippen LogP contribution >= 0.6 is 0 Å². The van der Waals surface area contributed by atoms with Crippen LogP contribution in [-0.2, 0) is 59.1 Å². The molecule has 0 saturated carbocycles. The van der Waals surface area contributed by atoms with E-state index in [1.54, 1.807) is 26.8 Å². The third kappa shape index (κ3) is 22.5. The molecule has 0 radical (unpaired) electrons. The van der Waals surface area contributed by atoms with E-state index in [4.69, 9.17) is 29.4 Å². The Morgan fingerprint density at radius 3 is 1.85 bits per heavy atom. The summed E-state index contributed by atoms with van der Waals surface area (Å²) >= 11 is 0. The second-order valence-electron chi connectivity index (χ2n) is 12.8. The lowest BCUT2D eigenvalue weighted by molar-refractivity contribution is -0.144. The molecule has 0 aliphatic rings. The molecule has 5 amide bonds. The number of hydrogen-bond donors (Lipinski definition) is 6. The lowest BCUT2D eigenvalue weighted by Crippen LogP contribution is -2.52. The largest absolute Gasteiger partial charge is 0.461 e. The molecule has 55 heavy (non-hydrogen) atoms. The molecule has 0 heterocycles. The Balaban J connectivity index is 2.35. The number of esters is 1. The van der Waals surface area contributed by atoms with E-state index in [-0.39, 0.29) is 81.2 Å². The number of nitrogens with one attached hydrogen (secondary N) is 5. The topological polar surface area (TPSA) is 252 Å². The van der Waals surface area contributed by atoms with E-state index in [9.17, 15) is 33.6 Å². The summed E-state index contributed by atoms with van der Waals surface area (Å²) in [5, 5.41) is 12.8. The first-order valence-electron chi connectivity index (χ1n) is 18.5. The van der Waals surface area contributed by atoms with Gasteiger partial charge in [0.15, 0.2) is 0 Å². The highest BCUT2D eigenvalue weighted by atomic mass is 16.6. The zero-order valence-electron chi connectivity index (χ0n) is 32.8. The molecule has 0 saturated heterocycles. The third-order valence-corrected chi connectivity index (χ3v) is 7.61. The Morgan fingerprint density at radius 2 is 1.29 bits per heavy atom. The van der Waals surface area contributed by atoms with E-state index in [0.717, 1.165) is 0 Å². The molecule has 7 N–H and O–H groups in total. The van der Waals surface area contributed by atoms with Crippen LogP contribution in [0.4, 0.5) is 5.69 Å². The summed E-state index contributed by atoms with van der Waals surface area (Å²) in [4.78, 5) is 86.1. The molecule has 1 rings (SSSR count). The molecule has 1 aromatic carbocycles. The number of ether oxygens (including phenoxy) is 5. The van der Waals surface area contributed by atoms with Gasteiger partial charge in [0.2, 0.25) is 23.6 Å². The minimum Gasteiger partial charge on any atom is -0.461 e. The normalized spacial score (nSPS) is 11.5. The third-order valence-electron chi connectivity index (χ3n) is 7.61. The predicted molar refractivity (Wildman–Crippen MR) is 202 cm³/mol. The fourth-order valence-electron chi connectivity index (χ4n) is 4.43. The fraction of sp³-hybridized carbons (Fsp3) is 0.649. The Kier molecular flexibility index (Phi) is 25.5. The molecule has 0 aliphatic carbocycles. The lowest BCUT2D eigenvalue weighted by atomic mass is 10.0. The maximum Gasteiger partial charge on any atom is 0.305 e. The van der Waals surface area contributed by atoms with Crippen LogP contribution in [0.3, 0.4) is 0 Å². The van der Waals surface area contributed by atoms with E-state index in [2.05, 4.69) is 26.6 Å². The second-order valence-corrected chi connectivity index (χ2v) is 12.8. The Hall–Kier alpha value is -4.49. The van der Waals surface area contributed by atoms with Crippen molar-refractivity contribution in [3.8, 4) is 0 Å². The van der Waals surface area contributed by atoms with Crippen molar-refractivity contribution in [1.29, 1.82) is 0 Å². The van der Waals surface area contributed by atoms with Crippen molar-refractivity contribution in [2.45, 2.75) is 66.5 Å². The number of carbonyl (C=O) groups is 7. The molecule has 0 spiro atoms. The minimum atomic E-state index is -0.992. The van der Waals surface area contributed by atoms with Crippen LogP contribution in [0.1, 0.15) is 69.8 Å². The first kappa shape index (κ1) is 48.5. The molecule has 1 unspecified atom stereocenters. The number of carbonyl (C=O) groups excluding carboxylic acids is 7. The molecular weight excluding hydrogens is 720 g/mol. The van der Waals surface area contributed by atoms with Crippen molar-refractivity contribution in [2.24, 2.45) is 17.6 Å². The van der Waals surface area contributed by atoms with E-state index >= 15 is 0 Å². The second kappa shape index (κ2) is 28.9. The van der Waals surface area contributed by atoms with Gasteiger partial charge in [-0.3, -0.25) is 33.6 Å². The summed E-state index contributed by atoms with van der Waals surface area (Å²) in [6, 6.07) is 3.50. The Morgan fingerprint density at radius 1 is 0.709 bits per heavy atom. The highest BCUT2D eigenvalue weighted by Gasteiger charge is 2.25. The summed E-state index contributed by atoms with van der Waals surface area (Å²) in [6.07, 6.45) is 0.577. The van der Waals surface area contributed by atoms with Gasteiger partial charge in [-0.15, -0.1) is 0 Å². The van der Waals surface area contributed by atoms with Crippen molar-refractivity contribution in [1.82, 2.24) is 21.3 Å². The first-order valence-corrected chi connectivity index (χ1v) is 18.5. The van der Waals surface area contributed by atoms with Crippen molar-refractivity contribution in [3.05, 3.63) is 29.3 Å². The zero-order chi connectivity index (χ0) is 41.0. The van der Waals surface area contributed by atoms with Gasteiger partial charge in [-0.2, -0.15) is 0 Å². The number of hydrogen-bond acceptors (Lipinski definition) is 13. The number of nitrogens with two attached hydrogens (primary N) is 1. The van der Waals surface area contributed by atoms with Gasteiger partial charge < -0.3 is 56.0 Å². The van der Waals surface area contributed by atoms with E-state index < -0.39 is 48.1 Å². The van der Waals surface area contributed by atoms with Crippen LogP contribution in [-0.4, -0.2) is 126 Å². The number of amides is 5. The molecule has 18 nitrogen and oxygen atoms in total. The molecule has 18 heteroatoms. The molecule has 0 aliphatic heterocycles.